The van der Waals surface area contributed by atoms with Gasteiger partial charge in [-0.15, -0.1) is 0 Å². The summed E-state index contributed by atoms with van der Waals surface area (Å²) in [5, 5.41) is 9.32. The molecule has 0 aliphatic carbocycles. The van der Waals surface area contributed by atoms with Gasteiger partial charge in [0.25, 0.3) is 0 Å². The number of nitrogens with zero attached hydrogens (tertiary/aromatic N) is 2. The van der Waals surface area contributed by atoms with Gasteiger partial charge in [0.1, 0.15) is 6.61 Å². The Labute approximate surface area is 176 Å². The number of sulfonamides is 1. The number of likely N-dealkylation sites (tertiary alicyclic amines) is 1. The molecule has 0 spiro atoms. The number of rotatable bonds is 5. The number of ether oxygens (including phenoxy) is 1. The minimum Gasteiger partial charge on any atom is -0.463 e. The average Bonchev–Trinajstić information content (AvgIpc) is 2.94. The maximum Gasteiger partial charge on any atom is 0.311 e. The van der Waals surface area contributed by atoms with Gasteiger partial charge in [0, 0.05) is 21.5 Å². The Bertz CT molecular complexity index is 862. The quantitative estimate of drug-likeness (QED) is 0.471. The molecule has 0 aromatic heterocycles. The van der Waals surface area contributed by atoms with Gasteiger partial charge in [-0.05, 0) is 61.3 Å². The SMILES string of the molecule is CC(C)(C)C(=O)OC[C@H]1C[C@@H](NS(=O)(=O)c2cc(Br)ccc2Br)CN1C#N. The van der Waals surface area contributed by atoms with Crippen LogP contribution in [-0.2, 0) is 19.6 Å². The topological polar surface area (TPSA) is 99.5 Å². The maximum atomic E-state index is 12.7. The largest absolute Gasteiger partial charge is 0.463 e. The van der Waals surface area contributed by atoms with E-state index < -0.39 is 21.5 Å². The zero-order chi connectivity index (χ0) is 20.4. The fourth-order valence-corrected chi connectivity index (χ4v) is 5.38. The highest BCUT2D eigenvalue weighted by Gasteiger charge is 2.36. The fraction of sp³-hybridized carbons (Fsp3) is 0.529. The van der Waals surface area contributed by atoms with E-state index in [1.807, 2.05) is 6.19 Å². The molecule has 7 nitrogen and oxygen atoms in total. The average molecular weight is 523 g/mol. The standard InChI is InChI=1S/C17H21Br2N3O4S/c1-17(2,3)16(23)26-9-13-7-12(8-22(13)10-20)21-27(24,25)15-6-11(18)4-5-14(15)19/h4-6,12-13,21H,7-9H2,1-3H3/t12-,13-/m1/s1. The Morgan fingerprint density at radius 3 is 2.67 bits per heavy atom. The number of halogens is 2. The van der Waals surface area contributed by atoms with Crippen LogP contribution >= 0.6 is 31.9 Å². The predicted octanol–water partition coefficient (Wildman–Crippen LogP) is 3.00. The Morgan fingerprint density at radius 1 is 1.41 bits per heavy atom. The summed E-state index contributed by atoms with van der Waals surface area (Å²) < 4.78 is 34.5. The monoisotopic (exact) mass is 521 g/mol. The molecule has 27 heavy (non-hydrogen) atoms. The molecule has 1 N–H and O–H groups in total. The molecular formula is C17H21Br2N3O4S. The number of hydrogen-bond acceptors (Lipinski definition) is 6. The van der Waals surface area contributed by atoms with E-state index in [4.69, 9.17) is 4.74 Å². The molecule has 0 saturated carbocycles. The molecule has 1 aromatic rings. The summed E-state index contributed by atoms with van der Waals surface area (Å²) in [6.07, 6.45) is 2.41. The van der Waals surface area contributed by atoms with E-state index in [0.29, 0.717) is 15.4 Å². The molecule has 1 saturated heterocycles. The van der Waals surface area contributed by atoms with E-state index in [1.165, 1.54) is 11.0 Å². The fourth-order valence-electron chi connectivity index (χ4n) is 2.64. The van der Waals surface area contributed by atoms with Crippen molar-refractivity contribution in [1.29, 1.82) is 5.26 Å². The van der Waals surface area contributed by atoms with Crippen LogP contribution in [0, 0.1) is 16.9 Å². The lowest BCUT2D eigenvalue weighted by atomic mass is 9.97. The van der Waals surface area contributed by atoms with E-state index in [2.05, 4.69) is 36.6 Å². The number of benzene rings is 1. The summed E-state index contributed by atoms with van der Waals surface area (Å²) in [7, 11) is -3.78. The highest BCUT2D eigenvalue weighted by atomic mass is 79.9. The predicted molar refractivity (Wildman–Crippen MR) is 107 cm³/mol. The van der Waals surface area contributed by atoms with E-state index in [9.17, 15) is 18.5 Å². The molecule has 2 atom stereocenters. The van der Waals surface area contributed by atoms with Crippen molar-refractivity contribution < 1.29 is 17.9 Å². The highest BCUT2D eigenvalue weighted by Crippen LogP contribution is 2.27. The molecule has 0 radical (unpaired) electrons. The Balaban J connectivity index is 2.07. The van der Waals surface area contributed by atoms with Crippen LogP contribution in [0.2, 0.25) is 0 Å². The van der Waals surface area contributed by atoms with Crippen LogP contribution in [0.3, 0.4) is 0 Å². The van der Waals surface area contributed by atoms with Crippen LogP contribution in [0.1, 0.15) is 27.2 Å². The summed E-state index contributed by atoms with van der Waals surface area (Å²) in [6, 6.07) is 4.06. The van der Waals surface area contributed by atoms with Crippen molar-refractivity contribution in [3.8, 4) is 6.19 Å². The first-order valence-electron chi connectivity index (χ1n) is 8.25. The van der Waals surface area contributed by atoms with Crippen molar-refractivity contribution in [1.82, 2.24) is 9.62 Å². The van der Waals surface area contributed by atoms with Crippen LogP contribution in [0.15, 0.2) is 32.0 Å². The normalized spacial score (nSPS) is 20.4. The third-order valence-electron chi connectivity index (χ3n) is 4.07. The lowest BCUT2D eigenvalue weighted by Gasteiger charge is -2.21. The number of hydrogen-bond donors (Lipinski definition) is 1. The van der Waals surface area contributed by atoms with Crippen molar-refractivity contribution in [2.75, 3.05) is 13.2 Å². The molecule has 0 amide bonds. The van der Waals surface area contributed by atoms with Gasteiger partial charge in [-0.2, -0.15) is 5.26 Å². The second kappa shape index (κ2) is 8.47. The van der Waals surface area contributed by atoms with Crippen LogP contribution < -0.4 is 4.72 Å². The summed E-state index contributed by atoms with van der Waals surface area (Å²) in [5.74, 6) is -0.359. The summed E-state index contributed by atoms with van der Waals surface area (Å²) in [5.41, 5.74) is -0.635. The second-order valence-electron chi connectivity index (χ2n) is 7.38. The Morgan fingerprint density at radius 2 is 2.07 bits per heavy atom. The van der Waals surface area contributed by atoms with Crippen molar-refractivity contribution in [2.45, 2.75) is 44.2 Å². The smallest absolute Gasteiger partial charge is 0.311 e. The molecule has 1 heterocycles. The summed E-state index contributed by atoms with van der Waals surface area (Å²) in [4.78, 5) is 13.5. The number of nitriles is 1. The molecule has 1 aromatic carbocycles. The molecule has 1 aliphatic heterocycles. The van der Waals surface area contributed by atoms with Gasteiger partial charge in [-0.1, -0.05) is 15.9 Å². The highest BCUT2D eigenvalue weighted by molar-refractivity contribution is 9.11. The van der Waals surface area contributed by atoms with Crippen molar-refractivity contribution >= 4 is 47.9 Å². The van der Waals surface area contributed by atoms with Gasteiger partial charge < -0.3 is 9.64 Å². The molecule has 1 fully saturated rings. The first-order valence-corrected chi connectivity index (χ1v) is 11.3. The number of esters is 1. The molecule has 148 valence electrons. The van der Waals surface area contributed by atoms with Crippen LogP contribution in [-0.4, -0.2) is 44.5 Å². The van der Waals surface area contributed by atoms with Gasteiger partial charge in [-0.3, -0.25) is 4.79 Å². The second-order valence-corrected chi connectivity index (χ2v) is 10.8. The minimum absolute atomic E-state index is 0.0441. The zero-order valence-corrected chi connectivity index (χ0v) is 19.2. The molecule has 0 unspecified atom stereocenters. The number of carbonyl (C=O) groups excluding carboxylic acids is 1. The zero-order valence-electron chi connectivity index (χ0n) is 15.2. The molecule has 0 bridgehead atoms. The van der Waals surface area contributed by atoms with Crippen molar-refractivity contribution in [3.05, 3.63) is 27.1 Å². The van der Waals surface area contributed by atoms with Crippen LogP contribution in [0.5, 0.6) is 0 Å². The minimum atomic E-state index is -3.78. The van der Waals surface area contributed by atoms with Crippen molar-refractivity contribution in [3.63, 3.8) is 0 Å². The van der Waals surface area contributed by atoms with Crippen LogP contribution in [0.4, 0.5) is 0 Å². The number of nitrogens with one attached hydrogen (secondary N) is 1. The maximum absolute atomic E-state index is 12.7. The third kappa shape index (κ3) is 5.67. The summed E-state index contributed by atoms with van der Waals surface area (Å²) in [6.45, 7) is 5.51. The Hall–Kier alpha value is -1.15. The lowest BCUT2D eigenvalue weighted by Crippen LogP contribution is -2.36. The third-order valence-corrected chi connectivity index (χ3v) is 7.07. The first-order chi connectivity index (χ1) is 12.4. The molecule has 1 aliphatic rings. The van der Waals surface area contributed by atoms with Gasteiger partial charge in [0.2, 0.25) is 10.0 Å². The molecule has 10 heteroatoms. The van der Waals surface area contributed by atoms with Gasteiger partial charge in [0.05, 0.1) is 16.4 Å². The number of carbonyl (C=O) groups is 1. The van der Waals surface area contributed by atoms with Gasteiger partial charge in [0.15, 0.2) is 6.19 Å². The first kappa shape index (κ1) is 22.1. The van der Waals surface area contributed by atoms with E-state index in [1.54, 1.807) is 32.9 Å². The van der Waals surface area contributed by atoms with Crippen LogP contribution in [0.25, 0.3) is 0 Å². The van der Waals surface area contributed by atoms with E-state index in [-0.39, 0.29) is 30.1 Å². The van der Waals surface area contributed by atoms with Gasteiger partial charge in [-0.25, -0.2) is 13.1 Å². The lowest BCUT2D eigenvalue weighted by molar-refractivity contribution is -0.154. The van der Waals surface area contributed by atoms with Crippen molar-refractivity contribution in [2.24, 2.45) is 5.41 Å². The molecule has 2 rings (SSSR count). The Kier molecular flexibility index (Phi) is 6.95. The van der Waals surface area contributed by atoms with Gasteiger partial charge >= 0.3 is 5.97 Å². The summed E-state index contributed by atoms with van der Waals surface area (Å²) >= 11 is 6.52. The van der Waals surface area contributed by atoms with E-state index >= 15 is 0 Å². The molecular weight excluding hydrogens is 502 g/mol. The van der Waals surface area contributed by atoms with E-state index in [0.717, 1.165) is 0 Å².